The van der Waals surface area contributed by atoms with Gasteiger partial charge in [0, 0.05) is 19.5 Å². The van der Waals surface area contributed by atoms with Gasteiger partial charge in [-0.2, -0.15) is 0 Å². The fourth-order valence-electron chi connectivity index (χ4n) is 3.13. The summed E-state index contributed by atoms with van der Waals surface area (Å²) in [7, 11) is 1.40. The van der Waals surface area contributed by atoms with E-state index in [0.29, 0.717) is 28.8 Å². The highest BCUT2D eigenvalue weighted by Crippen LogP contribution is 2.42. The van der Waals surface area contributed by atoms with Crippen LogP contribution < -0.4 is 10.2 Å². The summed E-state index contributed by atoms with van der Waals surface area (Å²) >= 11 is 1.93. The zero-order valence-corrected chi connectivity index (χ0v) is 13.4. The van der Waals surface area contributed by atoms with E-state index >= 15 is 0 Å². The molecule has 7 heteroatoms. The van der Waals surface area contributed by atoms with Crippen LogP contribution in [0.2, 0.25) is 0 Å². The second-order valence-corrected chi connectivity index (χ2v) is 6.11. The van der Waals surface area contributed by atoms with Crippen LogP contribution in [0.5, 0.6) is 5.75 Å². The van der Waals surface area contributed by atoms with Crippen LogP contribution in [0.1, 0.15) is 41.7 Å². The van der Waals surface area contributed by atoms with Gasteiger partial charge in [-0.15, -0.1) is 0 Å². The molecule has 0 saturated heterocycles. The molecule has 2 aliphatic rings. The summed E-state index contributed by atoms with van der Waals surface area (Å²) in [6, 6.07) is 0.00988. The number of aliphatic hydroxyl groups excluding tert-OH is 1. The van der Waals surface area contributed by atoms with Crippen molar-refractivity contribution in [2.24, 2.45) is 0 Å². The Hall–Kier alpha value is -1.09. The molecule has 0 radical (unpaired) electrons. The van der Waals surface area contributed by atoms with E-state index in [9.17, 15) is 14.7 Å². The van der Waals surface area contributed by atoms with Gasteiger partial charge in [0.05, 0.1) is 28.5 Å². The first-order valence-electron chi connectivity index (χ1n) is 6.50. The van der Waals surface area contributed by atoms with E-state index in [1.54, 1.807) is 9.47 Å². The number of carbonyl (C=O) groups is 1. The van der Waals surface area contributed by atoms with Crippen LogP contribution in [-0.2, 0) is 0 Å². The van der Waals surface area contributed by atoms with Crippen LogP contribution in [-0.4, -0.2) is 40.7 Å². The van der Waals surface area contributed by atoms with E-state index in [2.05, 4.69) is 0 Å². The molecular formula is C13H15IN2O4. The minimum atomic E-state index is -0.700. The lowest BCUT2D eigenvalue weighted by molar-refractivity contribution is 0.0668. The third-order valence-corrected chi connectivity index (χ3v) is 5.07. The van der Waals surface area contributed by atoms with E-state index in [4.69, 9.17) is 4.74 Å². The fourth-order valence-corrected chi connectivity index (χ4v) is 3.99. The highest BCUT2D eigenvalue weighted by Gasteiger charge is 2.43. The summed E-state index contributed by atoms with van der Waals surface area (Å²) in [5.41, 5.74) is 0.517. The summed E-state index contributed by atoms with van der Waals surface area (Å²) in [5, 5.41) is 10.2. The number of hydrogen-bond acceptors (Lipinski definition) is 4. The molecule has 0 fully saturated rings. The molecular weight excluding hydrogens is 375 g/mol. The molecule has 0 bridgehead atoms. The monoisotopic (exact) mass is 390 g/mol. The molecule has 1 aromatic heterocycles. The number of carbonyl (C=O) groups excluding carboxylic acids is 1. The Bertz CT molecular complexity index is 655. The summed E-state index contributed by atoms with van der Waals surface area (Å²) in [6.45, 7) is 3.04. The van der Waals surface area contributed by atoms with Gasteiger partial charge in [0.15, 0.2) is 11.4 Å². The minimum Gasteiger partial charge on any atom is -0.491 e. The number of hydrogen-bond donors (Lipinski definition) is 1. The molecule has 0 spiro atoms. The molecule has 0 saturated carbocycles. The lowest BCUT2D eigenvalue weighted by Gasteiger charge is -2.34. The number of aliphatic hydroxyl groups is 1. The van der Waals surface area contributed by atoms with Gasteiger partial charge in [0.2, 0.25) is 5.43 Å². The van der Waals surface area contributed by atoms with Gasteiger partial charge in [0.25, 0.3) is 5.91 Å². The highest BCUT2D eigenvalue weighted by atomic mass is 127. The number of rotatable bonds is 2. The second-order valence-electron chi connectivity index (χ2n) is 5.03. The molecule has 3 heterocycles. The highest BCUT2D eigenvalue weighted by molar-refractivity contribution is 14.1. The topological polar surface area (TPSA) is 71.8 Å². The maximum absolute atomic E-state index is 12.5. The molecule has 3 rings (SSSR count). The third-order valence-electron chi connectivity index (χ3n) is 4.03. The Labute approximate surface area is 129 Å². The average Bonchev–Trinajstić information content (AvgIpc) is 2.75. The van der Waals surface area contributed by atoms with Crippen LogP contribution in [0.25, 0.3) is 0 Å². The number of pyridine rings is 1. The third kappa shape index (κ3) is 1.65. The first kappa shape index (κ1) is 13.9. The zero-order valence-electron chi connectivity index (χ0n) is 11.2. The van der Waals surface area contributed by atoms with Gasteiger partial charge in [-0.05, 0) is 29.5 Å². The largest absolute Gasteiger partial charge is 0.491 e. The van der Waals surface area contributed by atoms with Crippen molar-refractivity contribution in [1.29, 1.82) is 0 Å². The maximum atomic E-state index is 12.5. The summed E-state index contributed by atoms with van der Waals surface area (Å²) in [6.07, 6.45) is -0.173. The lowest BCUT2D eigenvalue weighted by Crippen LogP contribution is -2.44. The maximum Gasteiger partial charge on any atom is 0.274 e. The first-order chi connectivity index (χ1) is 9.51. The van der Waals surface area contributed by atoms with Crippen molar-refractivity contribution < 1.29 is 14.6 Å². The van der Waals surface area contributed by atoms with E-state index in [0.717, 1.165) is 0 Å². The van der Waals surface area contributed by atoms with Crippen molar-refractivity contribution in [3.05, 3.63) is 25.2 Å². The molecule has 1 N–H and O–H groups in total. The van der Waals surface area contributed by atoms with Crippen LogP contribution in [0.4, 0.5) is 0 Å². The minimum absolute atomic E-state index is 0.00988. The molecule has 0 aromatic carbocycles. The average molecular weight is 390 g/mol. The van der Waals surface area contributed by atoms with Gasteiger partial charge in [-0.3, -0.25) is 9.59 Å². The quantitative estimate of drug-likeness (QED) is 0.763. The Balaban J connectivity index is 2.37. The number of methoxy groups -OCH3 is 1. The SMILES string of the molecule is CCN1C[C@@H]2CC(O)c3c(I)c(=O)c(OC)c(n32)C1=O. The Morgan fingerprint density at radius 2 is 2.15 bits per heavy atom. The number of likely N-dealkylation sites (N-methyl/N-ethyl adjacent to an activating group) is 1. The molecule has 2 atom stereocenters. The standard InChI is InChI=1S/C13H15IN2O4/c1-3-15-5-6-4-7(17)9-8(14)11(18)12(20-2)10(13(15)19)16(6)9/h6-7,17H,3-5H2,1-2H3/t6-,7?/m0/s1. The van der Waals surface area contributed by atoms with Crippen molar-refractivity contribution in [1.82, 2.24) is 9.47 Å². The van der Waals surface area contributed by atoms with Crippen molar-refractivity contribution in [2.45, 2.75) is 25.5 Å². The molecule has 1 amide bonds. The lowest BCUT2D eigenvalue weighted by atomic mass is 10.1. The Morgan fingerprint density at radius 1 is 1.45 bits per heavy atom. The number of ether oxygens (including phenoxy) is 1. The number of halogens is 1. The van der Waals surface area contributed by atoms with E-state index in [1.165, 1.54) is 7.11 Å². The fraction of sp³-hybridized carbons (Fsp3) is 0.538. The zero-order chi connectivity index (χ0) is 14.6. The molecule has 108 valence electrons. The van der Waals surface area contributed by atoms with Crippen molar-refractivity contribution in [3.8, 4) is 5.75 Å². The molecule has 1 unspecified atom stereocenters. The smallest absolute Gasteiger partial charge is 0.274 e. The first-order valence-corrected chi connectivity index (χ1v) is 7.58. The molecule has 6 nitrogen and oxygen atoms in total. The summed E-state index contributed by atoms with van der Waals surface area (Å²) < 4.78 is 7.43. The van der Waals surface area contributed by atoms with E-state index in [1.807, 2.05) is 29.5 Å². The van der Waals surface area contributed by atoms with Gasteiger partial charge in [-0.1, -0.05) is 0 Å². The van der Waals surface area contributed by atoms with Crippen molar-refractivity contribution in [3.63, 3.8) is 0 Å². The number of aromatic nitrogens is 1. The molecule has 20 heavy (non-hydrogen) atoms. The molecule has 1 aromatic rings. The van der Waals surface area contributed by atoms with Gasteiger partial charge < -0.3 is 19.3 Å². The summed E-state index contributed by atoms with van der Waals surface area (Å²) in [4.78, 5) is 26.5. The van der Waals surface area contributed by atoms with Crippen LogP contribution >= 0.6 is 22.6 Å². The van der Waals surface area contributed by atoms with Crippen LogP contribution in [0.15, 0.2) is 4.79 Å². The Kier molecular flexibility index (Phi) is 3.28. The van der Waals surface area contributed by atoms with Gasteiger partial charge in [0.1, 0.15) is 0 Å². The number of amides is 1. The summed E-state index contributed by atoms with van der Waals surface area (Å²) in [5.74, 6) is -0.121. The van der Waals surface area contributed by atoms with Crippen molar-refractivity contribution >= 4 is 28.5 Å². The van der Waals surface area contributed by atoms with E-state index in [-0.39, 0.29) is 28.8 Å². The predicted octanol–water partition coefficient (Wildman–Crippen LogP) is 0.915. The van der Waals surface area contributed by atoms with Gasteiger partial charge >= 0.3 is 0 Å². The van der Waals surface area contributed by atoms with Gasteiger partial charge in [-0.25, -0.2) is 0 Å². The van der Waals surface area contributed by atoms with Crippen LogP contribution in [0, 0.1) is 3.57 Å². The predicted molar refractivity (Wildman–Crippen MR) is 80.2 cm³/mol. The molecule has 0 aliphatic carbocycles. The Morgan fingerprint density at radius 3 is 2.75 bits per heavy atom. The molecule has 2 aliphatic heterocycles. The second kappa shape index (κ2) is 4.73. The van der Waals surface area contributed by atoms with Crippen molar-refractivity contribution in [2.75, 3.05) is 20.2 Å². The normalized spacial score (nSPS) is 24.0. The number of nitrogens with zero attached hydrogens (tertiary/aromatic N) is 2. The van der Waals surface area contributed by atoms with E-state index < -0.39 is 6.10 Å². The van der Waals surface area contributed by atoms with Crippen LogP contribution in [0.3, 0.4) is 0 Å².